The molecule has 0 aliphatic rings. The summed E-state index contributed by atoms with van der Waals surface area (Å²) >= 11 is 2.22. The van der Waals surface area contributed by atoms with Gasteiger partial charge in [0, 0.05) is 37.9 Å². The van der Waals surface area contributed by atoms with Gasteiger partial charge >= 0.3 is 0 Å². The fourth-order valence-electron chi connectivity index (χ4n) is 1.12. The second-order valence-electron chi connectivity index (χ2n) is 2.69. The number of hydrogen-bond acceptors (Lipinski definition) is 2. The summed E-state index contributed by atoms with van der Waals surface area (Å²) in [5.74, 6) is 0. The van der Waals surface area contributed by atoms with Crippen LogP contribution in [0.15, 0.2) is 31.1 Å². The van der Waals surface area contributed by atoms with E-state index in [0.29, 0.717) is 0 Å². The highest BCUT2D eigenvalue weighted by Crippen LogP contribution is 2.01. The van der Waals surface area contributed by atoms with Crippen molar-refractivity contribution in [2.45, 2.75) is 13.1 Å². The van der Waals surface area contributed by atoms with Crippen LogP contribution >= 0.6 is 22.6 Å². The first-order valence-electron chi connectivity index (χ1n) is 3.98. The van der Waals surface area contributed by atoms with Crippen molar-refractivity contribution >= 4 is 22.6 Å². The highest BCUT2D eigenvalue weighted by atomic mass is 127. The van der Waals surface area contributed by atoms with Gasteiger partial charge in [0.15, 0.2) is 3.83 Å². The van der Waals surface area contributed by atoms with E-state index in [4.69, 9.17) is 0 Å². The summed E-state index contributed by atoms with van der Waals surface area (Å²) in [5.41, 5.74) is 0. The SMILES string of the molecule is Ic1nccn1CCn1ccnc1. The van der Waals surface area contributed by atoms with Crippen molar-refractivity contribution in [2.75, 3.05) is 0 Å². The van der Waals surface area contributed by atoms with Crippen LogP contribution in [-0.2, 0) is 13.1 Å². The Bertz CT molecular complexity index is 365. The van der Waals surface area contributed by atoms with Crippen molar-refractivity contribution in [1.82, 2.24) is 19.1 Å². The minimum atomic E-state index is 0.937. The van der Waals surface area contributed by atoms with Gasteiger partial charge in [-0.25, -0.2) is 9.97 Å². The van der Waals surface area contributed by atoms with Gasteiger partial charge in [0.1, 0.15) is 0 Å². The molecule has 68 valence electrons. The predicted octanol–water partition coefficient (Wildman–Crippen LogP) is 1.38. The van der Waals surface area contributed by atoms with Crippen molar-refractivity contribution in [3.63, 3.8) is 0 Å². The van der Waals surface area contributed by atoms with Gasteiger partial charge in [0.2, 0.25) is 0 Å². The highest BCUT2D eigenvalue weighted by molar-refractivity contribution is 14.1. The van der Waals surface area contributed by atoms with E-state index < -0.39 is 0 Å². The molecule has 0 saturated carbocycles. The Morgan fingerprint density at radius 3 is 2.77 bits per heavy atom. The third-order valence-corrected chi connectivity index (χ3v) is 2.72. The van der Waals surface area contributed by atoms with Gasteiger partial charge in [0.05, 0.1) is 6.33 Å². The average molecular weight is 288 g/mol. The maximum Gasteiger partial charge on any atom is 0.171 e. The Labute approximate surface area is 89.8 Å². The van der Waals surface area contributed by atoms with Crippen molar-refractivity contribution in [3.05, 3.63) is 34.9 Å². The number of aromatic nitrogens is 4. The molecule has 0 aliphatic heterocycles. The van der Waals surface area contributed by atoms with Crippen LogP contribution in [0.3, 0.4) is 0 Å². The monoisotopic (exact) mass is 288 g/mol. The Morgan fingerprint density at radius 2 is 2.15 bits per heavy atom. The largest absolute Gasteiger partial charge is 0.336 e. The van der Waals surface area contributed by atoms with Crippen LogP contribution in [0.1, 0.15) is 0 Å². The lowest BCUT2D eigenvalue weighted by Gasteiger charge is -2.03. The molecule has 2 aromatic heterocycles. The molecular weight excluding hydrogens is 279 g/mol. The number of aryl methyl sites for hydroxylation is 2. The zero-order chi connectivity index (χ0) is 9.10. The average Bonchev–Trinajstić information content (AvgIpc) is 2.72. The molecule has 0 N–H and O–H groups in total. The normalized spacial score (nSPS) is 10.5. The topological polar surface area (TPSA) is 35.6 Å². The Kier molecular flexibility index (Phi) is 2.62. The van der Waals surface area contributed by atoms with Gasteiger partial charge < -0.3 is 9.13 Å². The molecular formula is C8H9IN4. The minimum absolute atomic E-state index is 0.937. The molecule has 0 atom stereocenters. The van der Waals surface area contributed by atoms with E-state index in [1.54, 1.807) is 6.20 Å². The van der Waals surface area contributed by atoms with E-state index in [1.165, 1.54) is 0 Å². The fraction of sp³-hybridized carbons (Fsp3) is 0.250. The Hall–Kier alpha value is -0.850. The molecule has 13 heavy (non-hydrogen) atoms. The summed E-state index contributed by atoms with van der Waals surface area (Å²) < 4.78 is 5.19. The number of imidazole rings is 2. The van der Waals surface area contributed by atoms with E-state index in [1.807, 2.05) is 24.9 Å². The molecule has 2 heterocycles. The zero-order valence-electron chi connectivity index (χ0n) is 6.97. The third kappa shape index (κ3) is 2.09. The van der Waals surface area contributed by atoms with E-state index in [-0.39, 0.29) is 0 Å². The van der Waals surface area contributed by atoms with Crippen molar-refractivity contribution in [3.8, 4) is 0 Å². The van der Waals surface area contributed by atoms with Crippen LogP contribution in [0.2, 0.25) is 0 Å². The molecule has 0 radical (unpaired) electrons. The predicted molar refractivity (Wildman–Crippen MR) is 57.2 cm³/mol. The standard InChI is InChI=1S/C8H9IN4/c9-8-11-2-4-13(8)6-5-12-3-1-10-7-12/h1-4,7H,5-6H2. The van der Waals surface area contributed by atoms with E-state index in [9.17, 15) is 0 Å². The molecule has 0 amide bonds. The molecule has 4 nitrogen and oxygen atoms in total. The molecule has 0 bridgehead atoms. The molecule has 0 unspecified atom stereocenters. The molecule has 0 aliphatic carbocycles. The molecule has 2 aromatic rings. The summed E-state index contributed by atoms with van der Waals surface area (Å²) in [4.78, 5) is 8.12. The van der Waals surface area contributed by atoms with Crippen molar-refractivity contribution < 1.29 is 0 Å². The molecule has 2 rings (SSSR count). The Balaban J connectivity index is 1.97. The second-order valence-corrected chi connectivity index (χ2v) is 3.66. The summed E-state index contributed by atoms with van der Waals surface area (Å²) in [6.45, 7) is 1.88. The maximum absolute atomic E-state index is 4.14. The summed E-state index contributed by atoms with van der Waals surface area (Å²) in [5, 5.41) is 0. The molecule has 5 heteroatoms. The number of halogens is 1. The number of nitrogens with zero attached hydrogens (tertiary/aromatic N) is 4. The second kappa shape index (κ2) is 3.91. The third-order valence-electron chi connectivity index (χ3n) is 1.82. The fourth-order valence-corrected chi connectivity index (χ4v) is 1.68. The first-order chi connectivity index (χ1) is 6.36. The molecule has 0 spiro atoms. The molecule has 0 aromatic carbocycles. The first-order valence-corrected chi connectivity index (χ1v) is 5.06. The highest BCUT2D eigenvalue weighted by Gasteiger charge is 1.97. The van der Waals surface area contributed by atoms with Gasteiger partial charge in [0.25, 0.3) is 0 Å². The molecule has 0 saturated heterocycles. The van der Waals surface area contributed by atoms with Gasteiger partial charge in [-0.2, -0.15) is 0 Å². The quantitative estimate of drug-likeness (QED) is 0.800. The lowest BCUT2D eigenvalue weighted by atomic mass is 10.6. The van der Waals surface area contributed by atoms with Crippen LogP contribution in [0.5, 0.6) is 0 Å². The van der Waals surface area contributed by atoms with E-state index in [2.05, 4.69) is 41.7 Å². The van der Waals surface area contributed by atoms with Gasteiger partial charge in [-0.15, -0.1) is 0 Å². The molecule has 0 fully saturated rings. The van der Waals surface area contributed by atoms with Crippen LogP contribution in [0, 0.1) is 3.83 Å². The van der Waals surface area contributed by atoms with E-state index >= 15 is 0 Å². The number of rotatable bonds is 3. The van der Waals surface area contributed by atoms with Crippen LogP contribution in [0.25, 0.3) is 0 Å². The van der Waals surface area contributed by atoms with Gasteiger partial charge in [-0.1, -0.05) is 0 Å². The van der Waals surface area contributed by atoms with Crippen LogP contribution in [-0.4, -0.2) is 19.1 Å². The van der Waals surface area contributed by atoms with Crippen LogP contribution in [0.4, 0.5) is 0 Å². The van der Waals surface area contributed by atoms with Crippen molar-refractivity contribution in [1.29, 1.82) is 0 Å². The van der Waals surface area contributed by atoms with Crippen LogP contribution < -0.4 is 0 Å². The summed E-state index contributed by atoms with van der Waals surface area (Å²) in [6, 6.07) is 0. The lowest BCUT2D eigenvalue weighted by molar-refractivity contribution is 0.569. The zero-order valence-corrected chi connectivity index (χ0v) is 9.13. The minimum Gasteiger partial charge on any atom is -0.336 e. The summed E-state index contributed by atoms with van der Waals surface area (Å²) in [7, 11) is 0. The van der Waals surface area contributed by atoms with Gasteiger partial charge in [-0.3, -0.25) is 0 Å². The van der Waals surface area contributed by atoms with E-state index in [0.717, 1.165) is 16.9 Å². The Morgan fingerprint density at radius 1 is 1.23 bits per heavy atom. The number of hydrogen-bond donors (Lipinski definition) is 0. The maximum atomic E-state index is 4.14. The van der Waals surface area contributed by atoms with Crippen molar-refractivity contribution in [2.24, 2.45) is 0 Å². The van der Waals surface area contributed by atoms with Gasteiger partial charge in [-0.05, 0) is 22.6 Å². The smallest absolute Gasteiger partial charge is 0.171 e. The first kappa shape index (κ1) is 8.74. The lowest BCUT2D eigenvalue weighted by Crippen LogP contribution is -2.06. The summed E-state index contributed by atoms with van der Waals surface area (Å²) in [6.07, 6.45) is 9.38.